The molecule has 0 aliphatic carbocycles. The molecule has 0 rings (SSSR count). The van der Waals surface area contributed by atoms with Gasteiger partial charge in [-0.1, -0.05) is 32.6 Å². The fraction of sp³-hybridized carbons (Fsp3) is 0.786. The average Bonchev–Trinajstić information content (AvgIpc) is 2.21. The summed E-state index contributed by atoms with van der Waals surface area (Å²) in [5.41, 5.74) is -0.443. The molecule has 0 aliphatic rings. The van der Waals surface area contributed by atoms with E-state index >= 15 is 0 Å². The number of rotatable bonds is 8. The third kappa shape index (κ3) is 6.79. The van der Waals surface area contributed by atoms with E-state index in [-0.39, 0.29) is 11.7 Å². The van der Waals surface area contributed by atoms with E-state index in [0.717, 1.165) is 12.7 Å². The summed E-state index contributed by atoms with van der Waals surface area (Å²) < 4.78 is 5.61. The Balaban J connectivity index is 3.99. The summed E-state index contributed by atoms with van der Waals surface area (Å²) in [6, 6.07) is 1.15. The van der Waals surface area contributed by atoms with Gasteiger partial charge in [0, 0.05) is 26.0 Å². The van der Waals surface area contributed by atoms with Gasteiger partial charge in [0.05, 0.1) is 6.61 Å². The lowest BCUT2D eigenvalue weighted by Gasteiger charge is -2.23. The van der Waals surface area contributed by atoms with Gasteiger partial charge in [-0.05, 0) is 19.9 Å². The van der Waals surface area contributed by atoms with Crippen LogP contribution in [-0.4, -0.2) is 27.1 Å². The number of allylic oxidation sites excluding steroid dienone is 1. The number of hydrogen-bond donors (Lipinski definition) is 0. The maximum atomic E-state index is 12.0. The van der Waals surface area contributed by atoms with E-state index in [9.17, 15) is 4.79 Å². The molecule has 0 saturated heterocycles. The molecule has 0 N–H and O–H groups in total. The molecule has 2 nitrogen and oxygen atoms in total. The predicted octanol–water partition coefficient (Wildman–Crippen LogP) is 3.76. The zero-order valence-corrected chi connectivity index (χ0v) is 13.3. The predicted molar refractivity (Wildman–Crippen MR) is 77.1 cm³/mol. The Morgan fingerprint density at radius 2 is 1.94 bits per heavy atom. The molecule has 0 aliphatic heterocycles. The van der Waals surface area contributed by atoms with Crippen molar-refractivity contribution in [2.24, 2.45) is 11.3 Å². The van der Waals surface area contributed by atoms with Crippen LogP contribution in [0.4, 0.5) is 0 Å². The second kappa shape index (κ2) is 6.50. The highest BCUT2D eigenvalue weighted by atomic mass is 28.3. The second-order valence-electron chi connectivity index (χ2n) is 6.58. The van der Waals surface area contributed by atoms with Gasteiger partial charge in [-0.25, -0.2) is 0 Å². The Bertz CT molecular complexity index is 264. The quantitative estimate of drug-likeness (QED) is 0.375. The Hall–Kier alpha value is -0.413. The molecule has 1 atom stereocenters. The Morgan fingerprint density at radius 3 is 2.35 bits per heavy atom. The van der Waals surface area contributed by atoms with Crippen LogP contribution in [0.2, 0.25) is 25.7 Å². The Morgan fingerprint density at radius 1 is 1.41 bits per heavy atom. The van der Waals surface area contributed by atoms with Crippen LogP contribution in [0.3, 0.4) is 0 Å². The molecule has 0 fully saturated rings. The molecule has 0 heterocycles. The summed E-state index contributed by atoms with van der Waals surface area (Å²) in [7, 11) is -1.03. The number of ketones is 1. The Kier molecular flexibility index (Phi) is 6.34. The van der Waals surface area contributed by atoms with Crippen molar-refractivity contribution in [3.05, 3.63) is 12.7 Å². The van der Waals surface area contributed by atoms with Gasteiger partial charge >= 0.3 is 0 Å². The summed E-state index contributed by atoms with van der Waals surface area (Å²) in [5, 5.41) is 0. The summed E-state index contributed by atoms with van der Waals surface area (Å²) in [4.78, 5) is 12.0. The highest BCUT2D eigenvalue weighted by molar-refractivity contribution is 6.76. The van der Waals surface area contributed by atoms with Crippen LogP contribution in [0.15, 0.2) is 12.7 Å². The normalized spacial score (nSPS) is 14.5. The largest absolute Gasteiger partial charge is 0.381 e. The van der Waals surface area contributed by atoms with Crippen molar-refractivity contribution in [2.75, 3.05) is 13.2 Å². The van der Waals surface area contributed by atoms with E-state index in [4.69, 9.17) is 4.74 Å². The van der Waals surface area contributed by atoms with Crippen molar-refractivity contribution >= 4 is 13.9 Å². The summed E-state index contributed by atoms with van der Waals surface area (Å²) >= 11 is 0. The minimum absolute atomic E-state index is 0.0513. The zero-order valence-electron chi connectivity index (χ0n) is 12.3. The third-order valence-corrected chi connectivity index (χ3v) is 4.66. The second-order valence-corrected chi connectivity index (χ2v) is 12.2. The minimum atomic E-state index is -1.03. The number of hydrogen-bond acceptors (Lipinski definition) is 2. The number of ether oxygens (including phenoxy) is 1. The van der Waals surface area contributed by atoms with E-state index in [1.165, 1.54) is 0 Å². The van der Waals surface area contributed by atoms with Gasteiger partial charge < -0.3 is 4.74 Å². The summed E-state index contributed by atoms with van der Waals surface area (Å²) in [6.45, 7) is 17.7. The van der Waals surface area contributed by atoms with Gasteiger partial charge in [-0.2, -0.15) is 0 Å². The van der Waals surface area contributed by atoms with Crippen LogP contribution < -0.4 is 0 Å². The van der Waals surface area contributed by atoms with E-state index in [2.05, 4.69) is 26.2 Å². The van der Waals surface area contributed by atoms with Crippen LogP contribution in [0.5, 0.6) is 0 Å². The van der Waals surface area contributed by atoms with Gasteiger partial charge in [0.1, 0.15) is 5.78 Å². The van der Waals surface area contributed by atoms with E-state index in [1.807, 2.05) is 20.8 Å². The summed E-state index contributed by atoms with van der Waals surface area (Å²) in [5.74, 6) is 0.158. The smallest absolute Gasteiger partial charge is 0.147 e. The van der Waals surface area contributed by atoms with Crippen molar-refractivity contribution in [1.29, 1.82) is 0 Å². The first-order chi connectivity index (χ1) is 7.60. The fourth-order valence-corrected chi connectivity index (χ4v) is 2.21. The molecule has 0 saturated carbocycles. The van der Waals surface area contributed by atoms with Gasteiger partial charge in [-0.3, -0.25) is 4.79 Å². The first kappa shape index (κ1) is 16.6. The van der Waals surface area contributed by atoms with Crippen LogP contribution in [0.25, 0.3) is 0 Å². The number of Topliss-reactive ketones (excluding diaryl/α,β-unsaturated/α-hetero) is 1. The molecule has 0 aromatic heterocycles. The molecule has 0 unspecified atom stereocenters. The molecule has 0 amide bonds. The van der Waals surface area contributed by atoms with Crippen LogP contribution in [0, 0.1) is 11.3 Å². The number of carbonyl (C=O) groups excluding carboxylic acids is 1. The van der Waals surface area contributed by atoms with Gasteiger partial charge in [0.2, 0.25) is 0 Å². The SMILES string of the molecule is C=CC(C)(C)C(=O)[C@@H](C)COCC[Si](C)(C)C. The fourth-order valence-electron chi connectivity index (χ4n) is 1.45. The topological polar surface area (TPSA) is 26.3 Å². The Labute approximate surface area is 107 Å². The van der Waals surface area contributed by atoms with Crippen molar-refractivity contribution in [3.8, 4) is 0 Å². The molecule has 100 valence electrons. The van der Waals surface area contributed by atoms with Crippen molar-refractivity contribution < 1.29 is 9.53 Å². The highest BCUT2D eigenvalue weighted by Gasteiger charge is 2.28. The number of carbonyl (C=O) groups is 1. The van der Waals surface area contributed by atoms with E-state index in [1.54, 1.807) is 6.08 Å². The van der Waals surface area contributed by atoms with Crippen molar-refractivity contribution in [3.63, 3.8) is 0 Å². The van der Waals surface area contributed by atoms with Crippen LogP contribution in [0.1, 0.15) is 20.8 Å². The monoisotopic (exact) mass is 256 g/mol. The van der Waals surface area contributed by atoms with Crippen molar-refractivity contribution in [2.45, 2.75) is 46.5 Å². The molecule has 17 heavy (non-hydrogen) atoms. The average molecular weight is 256 g/mol. The van der Waals surface area contributed by atoms with Gasteiger partial charge in [0.15, 0.2) is 0 Å². The van der Waals surface area contributed by atoms with Gasteiger partial charge in [0.25, 0.3) is 0 Å². The molecular weight excluding hydrogens is 228 g/mol. The van der Waals surface area contributed by atoms with Gasteiger partial charge in [-0.15, -0.1) is 6.58 Å². The molecule has 3 heteroatoms. The molecule has 0 spiro atoms. The lowest BCUT2D eigenvalue weighted by molar-refractivity contribution is -0.130. The maximum Gasteiger partial charge on any atom is 0.147 e. The van der Waals surface area contributed by atoms with Crippen LogP contribution >= 0.6 is 0 Å². The first-order valence-corrected chi connectivity index (χ1v) is 10.1. The van der Waals surface area contributed by atoms with E-state index < -0.39 is 13.5 Å². The lowest BCUT2D eigenvalue weighted by atomic mass is 9.82. The zero-order chi connectivity index (χ0) is 13.7. The minimum Gasteiger partial charge on any atom is -0.381 e. The molecule has 0 aromatic carbocycles. The highest BCUT2D eigenvalue weighted by Crippen LogP contribution is 2.22. The maximum absolute atomic E-state index is 12.0. The van der Waals surface area contributed by atoms with Crippen LogP contribution in [-0.2, 0) is 9.53 Å². The molecule has 0 bridgehead atoms. The molecular formula is C14H28O2Si. The summed E-state index contributed by atoms with van der Waals surface area (Å²) in [6.07, 6.45) is 1.72. The first-order valence-electron chi connectivity index (χ1n) is 6.36. The van der Waals surface area contributed by atoms with E-state index in [0.29, 0.717) is 6.61 Å². The van der Waals surface area contributed by atoms with Crippen molar-refractivity contribution in [1.82, 2.24) is 0 Å². The molecule has 0 radical (unpaired) electrons. The third-order valence-electron chi connectivity index (χ3n) is 2.96. The molecule has 0 aromatic rings. The standard InChI is InChI=1S/C14H28O2Si/c1-8-14(3,4)13(15)12(2)11-16-9-10-17(5,6)7/h8,12H,1,9-11H2,2-7H3/t12-/m0/s1. The lowest BCUT2D eigenvalue weighted by Crippen LogP contribution is -2.31.